The van der Waals surface area contributed by atoms with Gasteiger partial charge in [0.15, 0.2) is 0 Å². The fourth-order valence-corrected chi connectivity index (χ4v) is 2.79. The molecule has 1 N–H and O–H groups in total. The summed E-state index contributed by atoms with van der Waals surface area (Å²) in [5.74, 6) is 0. The third kappa shape index (κ3) is 2.97. The van der Waals surface area contributed by atoms with E-state index in [2.05, 4.69) is 11.9 Å². The van der Waals surface area contributed by atoms with Crippen molar-refractivity contribution >= 4 is 22.7 Å². The molecule has 0 saturated heterocycles. The predicted molar refractivity (Wildman–Crippen MR) is 86.0 cm³/mol. The van der Waals surface area contributed by atoms with Gasteiger partial charge < -0.3 is 5.11 Å². The van der Waals surface area contributed by atoms with Gasteiger partial charge >= 0.3 is 0 Å². The number of aliphatic imine (C=N–C) groups is 1. The van der Waals surface area contributed by atoms with Crippen LogP contribution in [0.5, 0.6) is 0 Å². The number of aromatic nitrogens is 1. The monoisotopic (exact) mass is 288 g/mol. The van der Waals surface area contributed by atoms with Crippen LogP contribution in [0.3, 0.4) is 0 Å². The molecule has 0 spiro atoms. The van der Waals surface area contributed by atoms with E-state index in [0.29, 0.717) is 0 Å². The van der Waals surface area contributed by atoms with Gasteiger partial charge in [-0.2, -0.15) is 0 Å². The Kier molecular flexibility index (Phi) is 4.68. The molecule has 106 valence electrons. The highest BCUT2D eigenvalue weighted by Gasteiger charge is 2.15. The lowest BCUT2D eigenvalue weighted by Crippen LogP contribution is -1.97. The lowest BCUT2D eigenvalue weighted by Gasteiger charge is -2.15. The Balaban J connectivity index is 2.64. The summed E-state index contributed by atoms with van der Waals surface area (Å²) < 4.78 is 0. The summed E-state index contributed by atoms with van der Waals surface area (Å²) >= 11 is 1.62. The second-order valence-corrected chi connectivity index (χ2v) is 5.78. The minimum atomic E-state index is -0.526. The minimum Gasteiger partial charge on any atom is -0.389 e. The lowest BCUT2D eigenvalue weighted by atomic mass is 9.99. The molecule has 3 nitrogen and oxygen atoms in total. The van der Waals surface area contributed by atoms with Crippen molar-refractivity contribution in [3.05, 3.63) is 34.8 Å². The second kappa shape index (κ2) is 6.29. The van der Waals surface area contributed by atoms with Gasteiger partial charge in [0.05, 0.1) is 11.8 Å². The molecule has 1 heterocycles. The highest BCUT2D eigenvalue weighted by molar-refractivity contribution is 7.13. The number of nitrogens with zero attached hydrogens (tertiary/aromatic N) is 2. The first-order valence-electron chi connectivity index (χ1n) is 6.80. The van der Waals surface area contributed by atoms with E-state index < -0.39 is 6.10 Å². The molecule has 0 saturated carbocycles. The first-order chi connectivity index (χ1) is 9.54. The first-order valence-corrected chi connectivity index (χ1v) is 7.68. The number of benzene rings is 1. The lowest BCUT2D eigenvalue weighted by molar-refractivity contribution is 0.200. The van der Waals surface area contributed by atoms with Crippen LogP contribution in [0.15, 0.2) is 28.7 Å². The van der Waals surface area contributed by atoms with Crippen molar-refractivity contribution in [1.29, 1.82) is 0 Å². The number of aliphatic hydroxyl groups excluding tert-OH is 1. The van der Waals surface area contributed by atoms with Crippen LogP contribution < -0.4 is 0 Å². The predicted octanol–water partition coefficient (Wildman–Crippen LogP) is 4.67. The van der Waals surface area contributed by atoms with Gasteiger partial charge in [-0.05, 0) is 32.8 Å². The van der Waals surface area contributed by atoms with E-state index in [1.54, 1.807) is 18.3 Å². The van der Waals surface area contributed by atoms with E-state index in [-0.39, 0.29) is 0 Å². The Bertz CT molecular complexity index is 616. The zero-order chi connectivity index (χ0) is 14.7. The summed E-state index contributed by atoms with van der Waals surface area (Å²) in [5.41, 5.74) is 4.98. The molecule has 0 bridgehead atoms. The van der Waals surface area contributed by atoms with Crippen molar-refractivity contribution < 1.29 is 5.11 Å². The van der Waals surface area contributed by atoms with Gasteiger partial charge in [-0.25, -0.2) is 4.98 Å². The smallest absolute Gasteiger partial charge is 0.123 e. The maximum atomic E-state index is 9.95. The number of aliphatic hydroxyl groups is 1. The number of hydrogen-bond acceptors (Lipinski definition) is 4. The van der Waals surface area contributed by atoms with Crippen molar-refractivity contribution in [2.24, 2.45) is 4.99 Å². The van der Waals surface area contributed by atoms with Gasteiger partial charge in [0.1, 0.15) is 5.01 Å². The zero-order valence-electron chi connectivity index (χ0n) is 12.3. The van der Waals surface area contributed by atoms with Crippen LogP contribution in [-0.4, -0.2) is 15.8 Å². The van der Waals surface area contributed by atoms with E-state index in [1.165, 1.54) is 0 Å². The van der Waals surface area contributed by atoms with Crippen LogP contribution in [0.4, 0.5) is 5.69 Å². The van der Waals surface area contributed by atoms with Crippen molar-refractivity contribution in [2.75, 3.05) is 0 Å². The van der Waals surface area contributed by atoms with Crippen LogP contribution in [0.25, 0.3) is 10.6 Å². The van der Waals surface area contributed by atoms with E-state index in [9.17, 15) is 5.11 Å². The highest BCUT2D eigenvalue weighted by Crippen LogP contribution is 2.37. The van der Waals surface area contributed by atoms with Crippen molar-refractivity contribution in [3.63, 3.8) is 0 Å². The van der Waals surface area contributed by atoms with Crippen LogP contribution in [0.1, 0.15) is 44.4 Å². The molecule has 4 heteroatoms. The first kappa shape index (κ1) is 14.9. The topological polar surface area (TPSA) is 45.5 Å². The molecule has 0 aliphatic rings. The van der Waals surface area contributed by atoms with Gasteiger partial charge in [0, 0.05) is 28.4 Å². The molecule has 1 atom stereocenters. The summed E-state index contributed by atoms with van der Waals surface area (Å²) in [4.78, 5) is 9.07. The Hall–Kier alpha value is -1.52. The Morgan fingerprint density at radius 2 is 2.20 bits per heavy atom. The average molecular weight is 288 g/mol. The standard InChI is InChI=1S/C16H20N2OS/c1-5-10(2)18-15-11(3)13(16-17-8-9-20-16)6-7-14(15)12(4)19/h6-9,12,19H,5H2,1-4H3/b18-10-. The maximum absolute atomic E-state index is 9.95. The largest absolute Gasteiger partial charge is 0.389 e. The molecule has 0 aliphatic heterocycles. The van der Waals surface area contributed by atoms with Crippen molar-refractivity contribution in [1.82, 2.24) is 4.98 Å². The molecular formula is C16H20N2OS. The van der Waals surface area contributed by atoms with Crippen molar-refractivity contribution in [3.8, 4) is 10.6 Å². The molecule has 1 unspecified atom stereocenters. The van der Waals surface area contributed by atoms with Gasteiger partial charge in [0.2, 0.25) is 0 Å². The Labute approximate surface area is 124 Å². The molecule has 0 fully saturated rings. The SMILES string of the molecule is CC/C(C)=N\c1c(C(C)O)ccc(-c2nccs2)c1C. The van der Waals surface area contributed by atoms with E-state index in [4.69, 9.17) is 4.99 Å². The summed E-state index contributed by atoms with van der Waals surface area (Å²) in [6.07, 6.45) is 2.19. The van der Waals surface area contributed by atoms with Crippen molar-refractivity contribution in [2.45, 2.75) is 40.2 Å². The summed E-state index contributed by atoms with van der Waals surface area (Å²) in [6, 6.07) is 3.98. The normalized spacial score (nSPS) is 13.6. The molecule has 2 rings (SSSR count). The summed E-state index contributed by atoms with van der Waals surface area (Å²) in [7, 11) is 0. The molecule has 1 aromatic heterocycles. The van der Waals surface area contributed by atoms with Gasteiger partial charge in [-0.3, -0.25) is 4.99 Å². The number of rotatable bonds is 4. The summed E-state index contributed by atoms with van der Waals surface area (Å²) in [6.45, 7) is 7.92. The van der Waals surface area contributed by atoms with Crippen LogP contribution in [-0.2, 0) is 0 Å². The van der Waals surface area contributed by atoms with Crippen LogP contribution in [0.2, 0.25) is 0 Å². The van der Waals surface area contributed by atoms with Crippen LogP contribution in [0, 0.1) is 6.92 Å². The third-order valence-electron chi connectivity index (χ3n) is 3.39. The highest BCUT2D eigenvalue weighted by atomic mass is 32.1. The molecule has 20 heavy (non-hydrogen) atoms. The Morgan fingerprint density at radius 1 is 1.45 bits per heavy atom. The van der Waals surface area contributed by atoms with Gasteiger partial charge in [-0.15, -0.1) is 11.3 Å². The van der Waals surface area contributed by atoms with Gasteiger partial charge in [-0.1, -0.05) is 19.1 Å². The number of hydrogen-bond donors (Lipinski definition) is 1. The third-order valence-corrected chi connectivity index (χ3v) is 4.20. The summed E-state index contributed by atoms with van der Waals surface area (Å²) in [5, 5.41) is 12.9. The molecule has 1 aromatic carbocycles. The fraction of sp³-hybridized carbons (Fsp3) is 0.375. The Morgan fingerprint density at radius 3 is 2.75 bits per heavy atom. The quantitative estimate of drug-likeness (QED) is 0.831. The maximum Gasteiger partial charge on any atom is 0.123 e. The molecule has 0 radical (unpaired) electrons. The average Bonchev–Trinajstić information content (AvgIpc) is 2.94. The molecule has 0 aliphatic carbocycles. The van der Waals surface area contributed by atoms with E-state index in [1.807, 2.05) is 37.6 Å². The minimum absolute atomic E-state index is 0.526. The molecule has 2 aromatic rings. The van der Waals surface area contributed by atoms with E-state index >= 15 is 0 Å². The fourth-order valence-electron chi connectivity index (χ4n) is 2.06. The second-order valence-electron chi connectivity index (χ2n) is 4.89. The molecule has 0 amide bonds. The molecular weight excluding hydrogens is 268 g/mol. The van der Waals surface area contributed by atoms with Crippen LogP contribution >= 0.6 is 11.3 Å². The van der Waals surface area contributed by atoms with Gasteiger partial charge in [0.25, 0.3) is 0 Å². The van der Waals surface area contributed by atoms with E-state index in [0.717, 1.165) is 39.5 Å². The number of thiazole rings is 1. The zero-order valence-corrected chi connectivity index (χ0v) is 13.2.